The van der Waals surface area contributed by atoms with E-state index in [0.717, 1.165) is 0 Å². The molecule has 96 valence electrons. The highest BCUT2D eigenvalue weighted by Crippen LogP contribution is 2.17. The second-order valence-corrected chi connectivity index (χ2v) is 4.17. The van der Waals surface area contributed by atoms with Crippen molar-refractivity contribution in [2.45, 2.75) is 32.2 Å². The molecule has 0 saturated heterocycles. The van der Waals surface area contributed by atoms with Gasteiger partial charge in [-0.15, -0.1) is 0 Å². The predicted molar refractivity (Wildman–Crippen MR) is 65.5 cm³/mol. The van der Waals surface area contributed by atoms with Crippen molar-refractivity contribution >= 4 is 11.6 Å². The summed E-state index contributed by atoms with van der Waals surface area (Å²) in [6.45, 7) is 3.75. The number of anilines is 1. The van der Waals surface area contributed by atoms with E-state index in [2.05, 4.69) is 10.4 Å². The van der Waals surface area contributed by atoms with E-state index in [1.807, 2.05) is 13.8 Å². The van der Waals surface area contributed by atoms with Crippen LogP contribution in [0.4, 0.5) is 5.69 Å². The Hall–Kier alpha value is -1.56. The van der Waals surface area contributed by atoms with Crippen LogP contribution in [-0.2, 0) is 7.05 Å². The van der Waals surface area contributed by atoms with Gasteiger partial charge in [0.1, 0.15) is 5.69 Å². The maximum Gasteiger partial charge on any atom is 0.272 e. The zero-order valence-electron chi connectivity index (χ0n) is 10.5. The smallest absolute Gasteiger partial charge is 0.272 e. The van der Waals surface area contributed by atoms with E-state index in [0.29, 0.717) is 24.2 Å². The number of hydrogen-bond acceptors (Lipinski definition) is 4. The third-order valence-corrected chi connectivity index (χ3v) is 3.22. The number of nitrogens with two attached hydrogens (primary N) is 1. The van der Waals surface area contributed by atoms with E-state index < -0.39 is 5.54 Å². The average Bonchev–Trinajstić information content (AvgIpc) is 2.66. The van der Waals surface area contributed by atoms with Crippen molar-refractivity contribution in [2.24, 2.45) is 7.05 Å². The third kappa shape index (κ3) is 2.58. The predicted octanol–water partition coefficient (Wildman–Crippen LogP) is 0.283. The maximum atomic E-state index is 12.1. The van der Waals surface area contributed by atoms with E-state index in [9.17, 15) is 9.90 Å². The first-order valence-electron chi connectivity index (χ1n) is 5.70. The number of aryl methyl sites for hydroxylation is 1. The summed E-state index contributed by atoms with van der Waals surface area (Å²) in [6.07, 6.45) is 2.75. The molecule has 0 aliphatic heterocycles. The molecule has 1 amide bonds. The van der Waals surface area contributed by atoms with E-state index in [1.165, 1.54) is 10.9 Å². The van der Waals surface area contributed by atoms with Gasteiger partial charge in [-0.2, -0.15) is 5.10 Å². The number of rotatable bonds is 5. The minimum absolute atomic E-state index is 0.0938. The number of carbonyl (C=O) groups is 1. The summed E-state index contributed by atoms with van der Waals surface area (Å²) in [4.78, 5) is 12.1. The lowest BCUT2D eigenvalue weighted by Gasteiger charge is -2.30. The van der Waals surface area contributed by atoms with Gasteiger partial charge in [-0.3, -0.25) is 9.48 Å². The number of nitrogens with zero attached hydrogens (tertiary/aromatic N) is 2. The Kier molecular flexibility index (Phi) is 4.11. The molecule has 0 saturated carbocycles. The van der Waals surface area contributed by atoms with E-state index in [1.54, 1.807) is 7.05 Å². The average molecular weight is 240 g/mol. The Balaban J connectivity index is 2.92. The largest absolute Gasteiger partial charge is 0.396 e. The zero-order valence-corrected chi connectivity index (χ0v) is 10.5. The molecule has 0 aliphatic rings. The van der Waals surface area contributed by atoms with Crippen molar-refractivity contribution in [3.63, 3.8) is 0 Å². The van der Waals surface area contributed by atoms with E-state index in [-0.39, 0.29) is 12.5 Å². The quantitative estimate of drug-likeness (QED) is 0.689. The summed E-state index contributed by atoms with van der Waals surface area (Å²) in [5.74, 6) is -0.305. The van der Waals surface area contributed by atoms with Crippen molar-refractivity contribution in [3.05, 3.63) is 11.9 Å². The summed E-state index contributed by atoms with van der Waals surface area (Å²) < 4.78 is 1.43. The van der Waals surface area contributed by atoms with Gasteiger partial charge >= 0.3 is 0 Å². The first-order valence-corrected chi connectivity index (χ1v) is 5.70. The van der Waals surface area contributed by atoms with Crippen LogP contribution in [-0.4, -0.2) is 32.9 Å². The standard InChI is InChI=1S/C11H20N4O2/c1-4-11(5-2,7-16)14-10(17)9-8(12)6-13-15(9)3/h6,16H,4-5,7,12H2,1-3H3,(H,14,17). The highest BCUT2D eigenvalue weighted by molar-refractivity contribution is 5.97. The lowest BCUT2D eigenvalue weighted by atomic mass is 9.93. The fraction of sp³-hybridized carbons (Fsp3) is 0.636. The molecule has 17 heavy (non-hydrogen) atoms. The Morgan fingerprint density at radius 2 is 2.18 bits per heavy atom. The summed E-state index contributed by atoms with van der Waals surface area (Å²) in [7, 11) is 1.66. The number of amides is 1. The molecule has 0 aromatic carbocycles. The number of nitrogens with one attached hydrogen (secondary N) is 1. The summed E-state index contributed by atoms with van der Waals surface area (Å²) in [5.41, 5.74) is 5.75. The fourth-order valence-electron chi connectivity index (χ4n) is 1.72. The number of nitrogen functional groups attached to an aromatic ring is 1. The van der Waals surface area contributed by atoms with Crippen LogP contribution in [0, 0.1) is 0 Å². The van der Waals surface area contributed by atoms with Gasteiger partial charge in [0.15, 0.2) is 0 Å². The van der Waals surface area contributed by atoms with Crippen LogP contribution in [0.3, 0.4) is 0 Å². The minimum Gasteiger partial charge on any atom is -0.396 e. The minimum atomic E-state index is -0.589. The number of carbonyl (C=O) groups excluding carboxylic acids is 1. The SMILES string of the molecule is CCC(CC)(CO)NC(=O)c1c(N)cnn1C. The van der Waals surface area contributed by atoms with Crippen LogP contribution in [0.1, 0.15) is 37.2 Å². The van der Waals surface area contributed by atoms with Crippen molar-refractivity contribution < 1.29 is 9.90 Å². The van der Waals surface area contributed by atoms with Crippen LogP contribution < -0.4 is 11.1 Å². The lowest BCUT2D eigenvalue weighted by Crippen LogP contribution is -2.51. The van der Waals surface area contributed by atoms with Crippen molar-refractivity contribution in [1.82, 2.24) is 15.1 Å². The molecule has 0 unspecified atom stereocenters. The third-order valence-electron chi connectivity index (χ3n) is 3.22. The molecule has 6 heteroatoms. The number of hydrogen-bond donors (Lipinski definition) is 3. The topological polar surface area (TPSA) is 93.2 Å². The molecule has 0 spiro atoms. The molecule has 0 atom stereocenters. The highest BCUT2D eigenvalue weighted by Gasteiger charge is 2.29. The van der Waals surface area contributed by atoms with Crippen LogP contribution in [0.2, 0.25) is 0 Å². The van der Waals surface area contributed by atoms with Gasteiger partial charge < -0.3 is 16.2 Å². The Bertz CT molecular complexity index is 368. The Morgan fingerprint density at radius 3 is 2.53 bits per heavy atom. The van der Waals surface area contributed by atoms with Gasteiger partial charge in [0, 0.05) is 7.05 Å². The molecule has 1 heterocycles. The normalized spacial score (nSPS) is 11.5. The number of aliphatic hydroxyl groups is 1. The molecule has 6 nitrogen and oxygen atoms in total. The first-order chi connectivity index (χ1) is 7.99. The maximum absolute atomic E-state index is 12.1. The second-order valence-electron chi connectivity index (χ2n) is 4.17. The molecule has 0 radical (unpaired) electrons. The molecule has 1 rings (SSSR count). The molecule has 1 aromatic rings. The molecular formula is C11H20N4O2. The summed E-state index contributed by atoms with van der Waals surface area (Å²) in [6, 6.07) is 0. The van der Waals surface area contributed by atoms with E-state index >= 15 is 0 Å². The van der Waals surface area contributed by atoms with Gasteiger partial charge in [0.05, 0.1) is 24.0 Å². The van der Waals surface area contributed by atoms with Gasteiger partial charge in [-0.25, -0.2) is 0 Å². The van der Waals surface area contributed by atoms with Gasteiger partial charge in [-0.05, 0) is 12.8 Å². The second kappa shape index (κ2) is 5.18. The first kappa shape index (κ1) is 13.5. The van der Waals surface area contributed by atoms with Gasteiger partial charge in [0.25, 0.3) is 5.91 Å². The van der Waals surface area contributed by atoms with Crippen molar-refractivity contribution in [1.29, 1.82) is 0 Å². The number of aliphatic hydroxyl groups excluding tert-OH is 1. The van der Waals surface area contributed by atoms with Crippen molar-refractivity contribution in [3.8, 4) is 0 Å². The summed E-state index contributed by atoms with van der Waals surface area (Å²) in [5, 5.41) is 16.1. The van der Waals surface area contributed by atoms with Crippen LogP contribution in [0.25, 0.3) is 0 Å². The molecule has 4 N–H and O–H groups in total. The van der Waals surface area contributed by atoms with Crippen molar-refractivity contribution in [2.75, 3.05) is 12.3 Å². The highest BCUT2D eigenvalue weighted by atomic mass is 16.3. The molecule has 0 aliphatic carbocycles. The molecule has 0 bridgehead atoms. The zero-order chi connectivity index (χ0) is 13.1. The lowest BCUT2D eigenvalue weighted by molar-refractivity contribution is 0.0809. The Labute approximate surface area is 101 Å². The molecule has 1 aromatic heterocycles. The molecular weight excluding hydrogens is 220 g/mol. The van der Waals surface area contributed by atoms with Crippen LogP contribution in [0.15, 0.2) is 6.20 Å². The van der Waals surface area contributed by atoms with Crippen LogP contribution >= 0.6 is 0 Å². The van der Waals surface area contributed by atoms with Gasteiger partial charge in [0.2, 0.25) is 0 Å². The Morgan fingerprint density at radius 1 is 1.59 bits per heavy atom. The van der Waals surface area contributed by atoms with Crippen LogP contribution in [0.5, 0.6) is 0 Å². The van der Waals surface area contributed by atoms with E-state index in [4.69, 9.17) is 5.73 Å². The fourth-order valence-corrected chi connectivity index (χ4v) is 1.72. The summed E-state index contributed by atoms with van der Waals surface area (Å²) >= 11 is 0. The number of aromatic nitrogens is 2. The monoisotopic (exact) mass is 240 g/mol. The molecule has 0 fully saturated rings. The van der Waals surface area contributed by atoms with Gasteiger partial charge in [-0.1, -0.05) is 13.8 Å².